The van der Waals surface area contributed by atoms with Crippen molar-refractivity contribution in [2.24, 2.45) is 0 Å². The fourth-order valence-electron chi connectivity index (χ4n) is 3.29. The zero-order valence-electron chi connectivity index (χ0n) is 14.0. The van der Waals surface area contributed by atoms with Gasteiger partial charge in [0.2, 0.25) is 10.0 Å². The molecule has 0 spiro atoms. The lowest BCUT2D eigenvalue weighted by molar-refractivity contribution is -0.137. The van der Waals surface area contributed by atoms with E-state index in [-0.39, 0.29) is 11.3 Å². The first-order valence-corrected chi connectivity index (χ1v) is 9.68. The Labute approximate surface area is 154 Å². The predicted molar refractivity (Wildman–Crippen MR) is 91.4 cm³/mol. The van der Waals surface area contributed by atoms with E-state index in [0.717, 1.165) is 17.7 Å². The first kappa shape index (κ1) is 19.8. The van der Waals surface area contributed by atoms with Crippen LogP contribution in [0.15, 0.2) is 59.5 Å². The number of halogens is 3. The fraction of sp³-hybridized carbons (Fsp3) is 0.333. The summed E-state index contributed by atoms with van der Waals surface area (Å²) in [7, 11) is -4.19. The van der Waals surface area contributed by atoms with Gasteiger partial charge in [-0.25, -0.2) is 13.1 Å². The highest BCUT2D eigenvalue weighted by molar-refractivity contribution is 7.89. The normalized spacial score (nSPS) is 26.3. The van der Waals surface area contributed by atoms with Crippen molar-refractivity contribution in [3.05, 3.63) is 65.7 Å². The molecule has 0 radical (unpaired) electrons. The van der Waals surface area contributed by atoms with Crippen LogP contribution in [-0.4, -0.2) is 36.9 Å². The van der Waals surface area contributed by atoms with Crippen LogP contribution in [0.4, 0.5) is 13.2 Å². The Morgan fingerprint density at radius 3 is 2.11 bits per heavy atom. The van der Waals surface area contributed by atoms with Gasteiger partial charge in [0.1, 0.15) is 0 Å². The van der Waals surface area contributed by atoms with Gasteiger partial charge in [-0.15, -0.1) is 0 Å². The standard InChI is InChI=1S/C18H18F3NO4S/c19-18(20,21)12-6-8-13(9-7-12)27(25,26)22-16-14(10-15(23)17(16)24)11-4-2-1-3-5-11/h1-9,14-17,22-24H,10H2/t14-,15-,16-,17-/m1/s1. The zero-order chi connectivity index (χ0) is 19.8. The number of sulfonamides is 1. The van der Waals surface area contributed by atoms with Crippen LogP contribution >= 0.6 is 0 Å². The fourth-order valence-corrected chi connectivity index (χ4v) is 4.58. The van der Waals surface area contributed by atoms with Crippen molar-refractivity contribution in [1.29, 1.82) is 0 Å². The third-order valence-corrected chi connectivity index (χ3v) is 6.18. The van der Waals surface area contributed by atoms with Crippen molar-refractivity contribution in [2.75, 3.05) is 0 Å². The largest absolute Gasteiger partial charge is 0.416 e. The van der Waals surface area contributed by atoms with Crippen LogP contribution in [0.2, 0.25) is 0 Å². The third kappa shape index (κ3) is 4.16. The van der Waals surface area contributed by atoms with E-state index in [9.17, 15) is 31.8 Å². The van der Waals surface area contributed by atoms with Crippen LogP contribution in [-0.2, 0) is 16.2 Å². The van der Waals surface area contributed by atoms with Gasteiger partial charge in [0, 0.05) is 5.92 Å². The van der Waals surface area contributed by atoms with Crippen molar-refractivity contribution in [1.82, 2.24) is 4.72 Å². The Morgan fingerprint density at radius 1 is 0.963 bits per heavy atom. The highest BCUT2D eigenvalue weighted by atomic mass is 32.2. The maximum atomic E-state index is 12.7. The average Bonchev–Trinajstić information content (AvgIpc) is 2.90. The molecule has 2 aromatic carbocycles. The van der Waals surface area contributed by atoms with Crippen LogP contribution in [0.25, 0.3) is 0 Å². The number of aliphatic hydroxyl groups excluding tert-OH is 2. The Morgan fingerprint density at radius 2 is 1.56 bits per heavy atom. The number of hydrogen-bond acceptors (Lipinski definition) is 4. The van der Waals surface area contributed by atoms with Crippen LogP contribution in [0.5, 0.6) is 0 Å². The maximum Gasteiger partial charge on any atom is 0.416 e. The van der Waals surface area contributed by atoms with Gasteiger partial charge >= 0.3 is 6.18 Å². The molecule has 0 aliphatic heterocycles. The van der Waals surface area contributed by atoms with E-state index >= 15 is 0 Å². The highest BCUT2D eigenvalue weighted by Crippen LogP contribution is 2.36. The molecule has 0 aromatic heterocycles. The summed E-state index contributed by atoms with van der Waals surface area (Å²) in [5.74, 6) is -0.472. The predicted octanol–water partition coefficient (Wildman–Crippen LogP) is 2.26. The van der Waals surface area contributed by atoms with Crippen LogP contribution in [0, 0.1) is 0 Å². The number of alkyl halides is 3. The average molecular weight is 401 g/mol. The first-order valence-electron chi connectivity index (χ1n) is 8.20. The van der Waals surface area contributed by atoms with Gasteiger partial charge in [-0.1, -0.05) is 30.3 Å². The quantitative estimate of drug-likeness (QED) is 0.734. The van der Waals surface area contributed by atoms with Gasteiger partial charge < -0.3 is 10.2 Å². The molecule has 4 atom stereocenters. The molecule has 2 aromatic rings. The first-order chi connectivity index (χ1) is 12.6. The molecule has 0 amide bonds. The van der Waals surface area contributed by atoms with E-state index in [1.807, 2.05) is 0 Å². The molecular formula is C18H18F3NO4S. The smallest absolute Gasteiger partial charge is 0.390 e. The summed E-state index contributed by atoms with van der Waals surface area (Å²) in [5.41, 5.74) is -0.215. The van der Waals surface area contributed by atoms with E-state index < -0.39 is 45.9 Å². The number of rotatable bonds is 4. The van der Waals surface area contributed by atoms with Crippen molar-refractivity contribution in [2.45, 2.75) is 41.7 Å². The molecule has 0 heterocycles. The third-order valence-electron chi connectivity index (χ3n) is 4.70. The lowest BCUT2D eigenvalue weighted by atomic mass is 9.94. The van der Waals surface area contributed by atoms with E-state index in [4.69, 9.17) is 0 Å². The minimum absolute atomic E-state index is 0.158. The van der Waals surface area contributed by atoms with Crippen molar-refractivity contribution in [3.8, 4) is 0 Å². The highest BCUT2D eigenvalue weighted by Gasteiger charge is 2.44. The molecule has 1 saturated carbocycles. The molecule has 0 unspecified atom stereocenters. The summed E-state index contributed by atoms with van der Waals surface area (Å²) in [6.45, 7) is 0. The Balaban J connectivity index is 1.87. The molecule has 3 N–H and O–H groups in total. The van der Waals surface area contributed by atoms with E-state index in [1.165, 1.54) is 0 Å². The topological polar surface area (TPSA) is 86.6 Å². The number of hydrogen-bond donors (Lipinski definition) is 3. The Hall–Kier alpha value is -1.94. The summed E-state index contributed by atoms with van der Waals surface area (Å²) in [4.78, 5) is -0.351. The van der Waals surface area contributed by atoms with Crippen molar-refractivity contribution in [3.63, 3.8) is 0 Å². The summed E-state index contributed by atoms with van der Waals surface area (Å²) < 4.78 is 65.5. The SMILES string of the molecule is O=S(=O)(N[C@H]1[C@H](O)[C@H](O)C[C@@H]1c1ccccc1)c1ccc(C(F)(F)F)cc1. The van der Waals surface area contributed by atoms with Gasteiger partial charge in [0.25, 0.3) is 0 Å². The second kappa shape index (κ2) is 7.23. The molecule has 9 heteroatoms. The number of benzene rings is 2. The molecule has 1 fully saturated rings. The van der Waals surface area contributed by atoms with Gasteiger partial charge in [-0.3, -0.25) is 0 Å². The monoisotopic (exact) mass is 401 g/mol. The van der Waals surface area contributed by atoms with E-state index in [1.54, 1.807) is 30.3 Å². The summed E-state index contributed by atoms with van der Waals surface area (Å²) in [5, 5.41) is 20.2. The summed E-state index contributed by atoms with van der Waals surface area (Å²) >= 11 is 0. The number of nitrogens with one attached hydrogen (secondary N) is 1. The van der Waals surface area contributed by atoms with Gasteiger partial charge in [-0.2, -0.15) is 13.2 Å². The molecule has 0 saturated heterocycles. The van der Waals surface area contributed by atoms with E-state index in [0.29, 0.717) is 12.1 Å². The second-order valence-electron chi connectivity index (χ2n) is 6.48. The molecule has 146 valence electrons. The lowest BCUT2D eigenvalue weighted by Gasteiger charge is -2.23. The summed E-state index contributed by atoms with van der Waals surface area (Å²) in [6.07, 6.45) is -6.86. The van der Waals surface area contributed by atoms with Crippen molar-refractivity contribution >= 4 is 10.0 Å². The van der Waals surface area contributed by atoms with Crippen molar-refractivity contribution < 1.29 is 31.8 Å². The van der Waals surface area contributed by atoms with Crippen LogP contribution in [0.1, 0.15) is 23.5 Å². The molecule has 1 aliphatic rings. The molecular weight excluding hydrogens is 383 g/mol. The summed E-state index contributed by atoms with van der Waals surface area (Å²) in [6, 6.07) is 10.9. The molecule has 0 bridgehead atoms. The molecule has 1 aliphatic carbocycles. The molecule has 27 heavy (non-hydrogen) atoms. The lowest BCUT2D eigenvalue weighted by Crippen LogP contribution is -2.45. The minimum Gasteiger partial charge on any atom is -0.390 e. The second-order valence-corrected chi connectivity index (χ2v) is 8.19. The minimum atomic E-state index is -4.57. The van der Waals surface area contributed by atoms with Gasteiger partial charge in [0.05, 0.1) is 28.7 Å². The molecule has 5 nitrogen and oxygen atoms in total. The number of aliphatic hydroxyl groups is 2. The maximum absolute atomic E-state index is 12.7. The molecule has 3 rings (SSSR count). The van der Waals surface area contributed by atoms with Gasteiger partial charge in [0.15, 0.2) is 0 Å². The Bertz CT molecular complexity index is 885. The Kier molecular flexibility index (Phi) is 5.31. The zero-order valence-corrected chi connectivity index (χ0v) is 14.8. The van der Waals surface area contributed by atoms with Crippen LogP contribution in [0.3, 0.4) is 0 Å². The van der Waals surface area contributed by atoms with Crippen LogP contribution < -0.4 is 4.72 Å². The van der Waals surface area contributed by atoms with Gasteiger partial charge in [-0.05, 0) is 36.2 Å². The van der Waals surface area contributed by atoms with E-state index in [2.05, 4.69) is 4.72 Å².